The molecule has 8 heteroatoms. The normalized spacial score (nSPS) is 15.7. The van der Waals surface area contributed by atoms with Crippen molar-refractivity contribution in [2.24, 2.45) is 4.99 Å². The van der Waals surface area contributed by atoms with Crippen LogP contribution in [0.2, 0.25) is 0 Å². The van der Waals surface area contributed by atoms with Gasteiger partial charge in [0.15, 0.2) is 5.96 Å². The van der Waals surface area contributed by atoms with Crippen LogP contribution in [-0.2, 0) is 11.3 Å². The number of guanidine groups is 1. The summed E-state index contributed by atoms with van der Waals surface area (Å²) in [7, 11) is 1.70. The number of nitro benzene ring substituents is 1. The number of rotatable bonds is 11. The zero-order chi connectivity index (χ0) is 20.7. The van der Waals surface area contributed by atoms with Crippen LogP contribution in [0, 0.1) is 10.1 Å². The van der Waals surface area contributed by atoms with Gasteiger partial charge in [0.25, 0.3) is 5.69 Å². The molecule has 1 saturated heterocycles. The average Bonchev–Trinajstić information content (AvgIpc) is 3.01. The molecule has 0 radical (unpaired) electrons. The SMILES string of the molecule is COCCCNC(=NCc1ccc([N+](=O)[O-])cc1)NCCCN1CCCCCC1. The van der Waals surface area contributed by atoms with Gasteiger partial charge in [-0.15, -0.1) is 0 Å². The van der Waals surface area contributed by atoms with Crippen molar-refractivity contribution in [1.82, 2.24) is 15.5 Å². The van der Waals surface area contributed by atoms with Crippen LogP contribution in [0.3, 0.4) is 0 Å². The van der Waals surface area contributed by atoms with Crippen LogP contribution >= 0.6 is 0 Å². The minimum Gasteiger partial charge on any atom is -0.385 e. The summed E-state index contributed by atoms with van der Waals surface area (Å²) in [5.41, 5.74) is 1.04. The molecule has 8 nitrogen and oxygen atoms in total. The van der Waals surface area contributed by atoms with Crippen molar-refractivity contribution in [3.05, 3.63) is 39.9 Å². The molecular weight excluding hydrogens is 370 g/mol. The van der Waals surface area contributed by atoms with E-state index in [9.17, 15) is 10.1 Å². The molecule has 1 aromatic carbocycles. The van der Waals surface area contributed by atoms with E-state index in [-0.39, 0.29) is 10.6 Å². The van der Waals surface area contributed by atoms with Crippen LogP contribution in [-0.4, -0.2) is 62.2 Å². The zero-order valence-electron chi connectivity index (χ0n) is 17.6. The number of nitrogens with one attached hydrogen (secondary N) is 2. The fraction of sp³-hybridized carbons (Fsp3) is 0.667. The van der Waals surface area contributed by atoms with Crippen molar-refractivity contribution in [1.29, 1.82) is 0 Å². The quantitative estimate of drug-likeness (QED) is 0.193. The number of nitrogens with zero attached hydrogens (tertiary/aromatic N) is 3. The number of aliphatic imine (C=N–C) groups is 1. The fourth-order valence-corrected chi connectivity index (χ4v) is 3.36. The molecular formula is C21H35N5O3. The second kappa shape index (κ2) is 13.9. The predicted octanol–water partition coefficient (Wildman–Crippen LogP) is 2.93. The van der Waals surface area contributed by atoms with Gasteiger partial charge in [-0.25, -0.2) is 4.99 Å². The van der Waals surface area contributed by atoms with Crippen molar-refractivity contribution in [2.45, 2.75) is 45.1 Å². The lowest BCUT2D eigenvalue weighted by molar-refractivity contribution is -0.384. The van der Waals surface area contributed by atoms with Crippen LogP contribution < -0.4 is 10.6 Å². The number of hydrogen-bond donors (Lipinski definition) is 2. The number of benzene rings is 1. The van der Waals surface area contributed by atoms with Gasteiger partial charge in [-0.05, 0) is 50.9 Å². The summed E-state index contributed by atoms with van der Waals surface area (Å²) in [6.07, 6.45) is 7.34. The number of ether oxygens (including phenoxy) is 1. The summed E-state index contributed by atoms with van der Waals surface area (Å²) in [6, 6.07) is 6.54. The molecule has 1 fully saturated rings. The highest BCUT2D eigenvalue weighted by molar-refractivity contribution is 5.79. The van der Waals surface area contributed by atoms with Gasteiger partial charge < -0.3 is 20.3 Å². The first kappa shape index (κ1) is 23.1. The summed E-state index contributed by atoms with van der Waals surface area (Å²) < 4.78 is 5.10. The zero-order valence-corrected chi connectivity index (χ0v) is 17.6. The maximum atomic E-state index is 10.8. The van der Waals surface area contributed by atoms with Gasteiger partial charge in [-0.2, -0.15) is 0 Å². The van der Waals surface area contributed by atoms with Crippen LogP contribution in [0.1, 0.15) is 44.1 Å². The molecule has 0 spiro atoms. The summed E-state index contributed by atoms with van der Waals surface area (Å²) >= 11 is 0. The monoisotopic (exact) mass is 405 g/mol. The molecule has 1 aliphatic rings. The highest BCUT2D eigenvalue weighted by Crippen LogP contribution is 2.12. The number of likely N-dealkylation sites (tertiary alicyclic amines) is 1. The minimum atomic E-state index is -0.387. The molecule has 0 saturated carbocycles. The van der Waals surface area contributed by atoms with E-state index in [1.165, 1.54) is 50.9 Å². The van der Waals surface area contributed by atoms with Crippen molar-refractivity contribution in [2.75, 3.05) is 46.4 Å². The highest BCUT2D eigenvalue weighted by atomic mass is 16.6. The van der Waals surface area contributed by atoms with Crippen LogP contribution in [0.4, 0.5) is 5.69 Å². The molecule has 0 amide bonds. The van der Waals surface area contributed by atoms with E-state index in [0.29, 0.717) is 13.2 Å². The summed E-state index contributed by atoms with van der Waals surface area (Å²) in [4.78, 5) is 17.6. The van der Waals surface area contributed by atoms with E-state index >= 15 is 0 Å². The Morgan fingerprint density at radius 2 is 1.76 bits per heavy atom. The van der Waals surface area contributed by atoms with Gasteiger partial charge in [0.05, 0.1) is 11.5 Å². The number of methoxy groups -OCH3 is 1. The Balaban J connectivity index is 1.80. The molecule has 0 aliphatic carbocycles. The molecule has 2 rings (SSSR count). The van der Waals surface area contributed by atoms with Crippen molar-refractivity contribution in [3.63, 3.8) is 0 Å². The Hall–Kier alpha value is -2.19. The van der Waals surface area contributed by atoms with Gasteiger partial charge in [-0.3, -0.25) is 10.1 Å². The number of non-ortho nitro benzene ring substituents is 1. The standard InChI is InChI=1S/C21H35N5O3/c1-29-17-7-13-23-21(22-12-6-16-25-14-4-2-3-5-15-25)24-18-19-8-10-20(11-9-19)26(27)28/h8-11H,2-7,12-18H2,1H3,(H2,22,23,24). The van der Waals surface area contributed by atoms with E-state index in [1.54, 1.807) is 19.2 Å². The maximum absolute atomic E-state index is 10.8. The molecule has 0 aromatic heterocycles. The second-order valence-electron chi connectivity index (χ2n) is 7.40. The van der Waals surface area contributed by atoms with Gasteiger partial charge in [0, 0.05) is 38.9 Å². The maximum Gasteiger partial charge on any atom is 0.269 e. The first-order valence-corrected chi connectivity index (χ1v) is 10.7. The molecule has 1 aliphatic heterocycles. The first-order chi connectivity index (χ1) is 14.2. The van der Waals surface area contributed by atoms with Crippen LogP contribution in [0.25, 0.3) is 0 Å². The third-order valence-corrected chi connectivity index (χ3v) is 5.03. The predicted molar refractivity (Wildman–Crippen MR) is 116 cm³/mol. The van der Waals surface area contributed by atoms with Gasteiger partial charge in [0.1, 0.15) is 0 Å². The third kappa shape index (κ3) is 9.71. The Morgan fingerprint density at radius 3 is 2.38 bits per heavy atom. The van der Waals surface area contributed by atoms with Crippen molar-refractivity contribution in [3.8, 4) is 0 Å². The Bertz CT molecular complexity index is 613. The molecule has 1 aromatic rings. The Kier molecular flexibility index (Phi) is 11.1. The third-order valence-electron chi connectivity index (χ3n) is 5.03. The van der Waals surface area contributed by atoms with E-state index < -0.39 is 0 Å². The number of nitro groups is 1. The lowest BCUT2D eigenvalue weighted by atomic mass is 10.2. The molecule has 1 heterocycles. The average molecular weight is 406 g/mol. The first-order valence-electron chi connectivity index (χ1n) is 10.7. The molecule has 0 unspecified atom stereocenters. The fourth-order valence-electron chi connectivity index (χ4n) is 3.36. The minimum absolute atomic E-state index is 0.0993. The van der Waals surface area contributed by atoms with Gasteiger partial charge in [0.2, 0.25) is 0 Å². The van der Waals surface area contributed by atoms with E-state index in [0.717, 1.165) is 44.0 Å². The lowest BCUT2D eigenvalue weighted by Crippen LogP contribution is -2.39. The van der Waals surface area contributed by atoms with Gasteiger partial charge in [-0.1, -0.05) is 25.0 Å². The van der Waals surface area contributed by atoms with E-state index in [4.69, 9.17) is 4.74 Å². The molecule has 0 atom stereocenters. The summed E-state index contributed by atoms with van der Waals surface area (Å²) in [6.45, 7) is 6.39. The summed E-state index contributed by atoms with van der Waals surface area (Å²) in [5, 5.41) is 17.5. The molecule has 0 bridgehead atoms. The Labute approximate surface area is 173 Å². The summed E-state index contributed by atoms with van der Waals surface area (Å²) in [5.74, 6) is 0.773. The van der Waals surface area contributed by atoms with E-state index in [1.807, 2.05) is 0 Å². The highest BCUT2D eigenvalue weighted by Gasteiger charge is 2.08. The smallest absolute Gasteiger partial charge is 0.269 e. The lowest BCUT2D eigenvalue weighted by Gasteiger charge is -2.20. The topological polar surface area (TPSA) is 92.0 Å². The van der Waals surface area contributed by atoms with Crippen molar-refractivity contribution >= 4 is 11.6 Å². The Morgan fingerprint density at radius 1 is 1.10 bits per heavy atom. The molecule has 162 valence electrons. The van der Waals surface area contributed by atoms with Crippen molar-refractivity contribution < 1.29 is 9.66 Å². The molecule has 2 N–H and O–H groups in total. The largest absolute Gasteiger partial charge is 0.385 e. The van der Waals surface area contributed by atoms with Crippen LogP contribution in [0.15, 0.2) is 29.3 Å². The second-order valence-corrected chi connectivity index (χ2v) is 7.40. The van der Waals surface area contributed by atoms with Gasteiger partial charge >= 0.3 is 0 Å². The van der Waals surface area contributed by atoms with E-state index in [2.05, 4.69) is 20.5 Å². The number of hydrogen-bond acceptors (Lipinski definition) is 5. The molecule has 29 heavy (non-hydrogen) atoms. The van der Waals surface area contributed by atoms with Crippen LogP contribution in [0.5, 0.6) is 0 Å².